The Morgan fingerprint density at radius 1 is 1.64 bits per heavy atom. The third kappa shape index (κ3) is 1.86. The van der Waals surface area contributed by atoms with Crippen molar-refractivity contribution in [1.82, 2.24) is 0 Å². The van der Waals surface area contributed by atoms with Gasteiger partial charge in [0.1, 0.15) is 0 Å². The van der Waals surface area contributed by atoms with Crippen LogP contribution in [0.15, 0.2) is 16.1 Å². The van der Waals surface area contributed by atoms with Crippen LogP contribution < -0.4 is 0 Å². The van der Waals surface area contributed by atoms with Gasteiger partial charge in [-0.2, -0.15) is 0 Å². The van der Waals surface area contributed by atoms with E-state index in [1.54, 1.807) is 23.5 Å². The molecule has 0 aromatic carbocycles. The van der Waals surface area contributed by atoms with Crippen molar-refractivity contribution < 1.29 is 9.53 Å². The number of rotatable bonds is 2. The van der Waals surface area contributed by atoms with E-state index in [4.69, 9.17) is 4.74 Å². The maximum atomic E-state index is 11.6. The SMILES string of the molecule is CCOC(=O)C1=C2CCS[C]=C2SC1. The van der Waals surface area contributed by atoms with E-state index in [1.165, 1.54) is 5.57 Å². The third-order valence-electron chi connectivity index (χ3n) is 2.14. The van der Waals surface area contributed by atoms with Crippen LogP contribution in [0.5, 0.6) is 0 Å². The van der Waals surface area contributed by atoms with Crippen LogP contribution in [0.4, 0.5) is 0 Å². The number of allylic oxidation sites excluding steroid dienone is 1. The van der Waals surface area contributed by atoms with E-state index in [9.17, 15) is 4.79 Å². The topological polar surface area (TPSA) is 26.3 Å². The Morgan fingerprint density at radius 2 is 2.50 bits per heavy atom. The van der Waals surface area contributed by atoms with E-state index in [-0.39, 0.29) is 5.97 Å². The lowest BCUT2D eigenvalue weighted by Gasteiger charge is -2.10. The molecule has 75 valence electrons. The molecular weight excluding hydrogens is 216 g/mol. The lowest BCUT2D eigenvalue weighted by molar-refractivity contribution is -0.138. The summed E-state index contributed by atoms with van der Waals surface area (Å²) in [6.45, 7) is 2.29. The molecule has 0 spiro atoms. The van der Waals surface area contributed by atoms with Crippen molar-refractivity contribution in [1.29, 1.82) is 0 Å². The zero-order valence-corrected chi connectivity index (χ0v) is 9.59. The largest absolute Gasteiger partial charge is 0.463 e. The second-order valence-corrected chi connectivity index (χ2v) is 4.88. The van der Waals surface area contributed by atoms with Crippen LogP contribution >= 0.6 is 23.5 Å². The van der Waals surface area contributed by atoms with Gasteiger partial charge in [0.2, 0.25) is 0 Å². The Kier molecular flexibility index (Phi) is 3.23. The predicted octanol–water partition coefficient (Wildman–Crippen LogP) is 2.37. The van der Waals surface area contributed by atoms with E-state index in [0.717, 1.165) is 28.4 Å². The summed E-state index contributed by atoms with van der Waals surface area (Å²) >= 11 is 3.40. The quantitative estimate of drug-likeness (QED) is 0.677. The molecule has 0 aliphatic carbocycles. The molecule has 0 atom stereocenters. The zero-order chi connectivity index (χ0) is 9.97. The van der Waals surface area contributed by atoms with Crippen LogP contribution in [0.1, 0.15) is 13.3 Å². The van der Waals surface area contributed by atoms with Crippen LogP contribution in [0.2, 0.25) is 0 Å². The summed E-state index contributed by atoms with van der Waals surface area (Å²) in [6.07, 6.45) is 0.980. The predicted molar refractivity (Wildman–Crippen MR) is 59.9 cm³/mol. The fourth-order valence-corrected chi connectivity index (χ4v) is 3.54. The van der Waals surface area contributed by atoms with Crippen molar-refractivity contribution in [3.05, 3.63) is 21.5 Å². The standard InChI is InChI=1S/C10H11O2S2/c1-2-12-10(11)8-5-14-9-6-13-4-3-7(8)9/h2-5H2,1H3. The van der Waals surface area contributed by atoms with E-state index >= 15 is 0 Å². The molecule has 2 rings (SSSR count). The highest BCUT2D eigenvalue weighted by molar-refractivity contribution is 8.06. The van der Waals surface area contributed by atoms with Gasteiger partial charge in [0.15, 0.2) is 0 Å². The van der Waals surface area contributed by atoms with Crippen molar-refractivity contribution in [3.63, 3.8) is 0 Å². The first-order valence-corrected chi connectivity index (χ1v) is 6.57. The average Bonchev–Trinajstić information content (AvgIpc) is 2.61. The van der Waals surface area contributed by atoms with Gasteiger partial charge in [0, 0.05) is 21.8 Å². The normalized spacial score (nSPS) is 20.5. The Hall–Kier alpha value is -0.350. The molecule has 0 saturated heterocycles. The molecule has 0 aromatic rings. The molecule has 0 unspecified atom stereocenters. The first kappa shape index (κ1) is 10.2. The Morgan fingerprint density at radius 3 is 3.29 bits per heavy atom. The van der Waals surface area contributed by atoms with Crippen molar-refractivity contribution in [2.24, 2.45) is 0 Å². The molecule has 0 amide bonds. The van der Waals surface area contributed by atoms with Gasteiger partial charge in [-0.1, -0.05) is 0 Å². The number of carbonyl (C=O) groups is 1. The molecule has 0 N–H and O–H groups in total. The van der Waals surface area contributed by atoms with Gasteiger partial charge in [-0.15, -0.1) is 23.5 Å². The summed E-state index contributed by atoms with van der Waals surface area (Å²) in [7, 11) is 0. The highest BCUT2D eigenvalue weighted by Crippen LogP contribution is 2.42. The summed E-state index contributed by atoms with van der Waals surface area (Å²) in [5.74, 6) is 1.65. The molecular formula is C10H11O2S2. The number of ether oxygens (including phenoxy) is 1. The summed E-state index contributed by atoms with van der Waals surface area (Å²) in [4.78, 5) is 12.7. The summed E-state index contributed by atoms with van der Waals surface area (Å²) in [5, 5.41) is 3.24. The fourth-order valence-electron chi connectivity index (χ4n) is 1.48. The number of hydrogen-bond acceptors (Lipinski definition) is 4. The number of fused-ring (bicyclic) bond motifs is 1. The third-order valence-corrected chi connectivity index (χ3v) is 4.10. The highest BCUT2D eigenvalue weighted by atomic mass is 32.2. The summed E-state index contributed by atoms with van der Waals surface area (Å²) < 4.78 is 5.02. The van der Waals surface area contributed by atoms with Crippen molar-refractivity contribution in [3.8, 4) is 0 Å². The molecule has 0 bridgehead atoms. The number of thioether (sulfide) groups is 2. The van der Waals surface area contributed by atoms with Crippen LogP contribution in [0.25, 0.3) is 0 Å². The van der Waals surface area contributed by atoms with Crippen molar-refractivity contribution >= 4 is 29.5 Å². The zero-order valence-electron chi connectivity index (χ0n) is 7.96. The van der Waals surface area contributed by atoms with Gasteiger partial charge in [-0.3, -0.25) is 0 Å². The summed E-state index contributed by atoms with van der Waals surface area (Å²) in [6, 6.07) is 0. The first-order valence-electron chi connectivity index (χ1n) is 4.60. The van der Waals surface area contributed by atoms with Gasteiger partial charge in [-0.25, -0.2) is 4.79 Å². The second-order valence-electron chi connectivity index (χ2n) is 3.00. The molecule has 14 heavy (non-hydrogen) atoms. The van der Waals surface area contributed by atoms with Gasteiger partial charge >= 0.3 is 5.97 Å². The number of hydrogen-bond donors (Lipinski definition) is 0. The van der Waals surface area contributed by atoms with E-state index in [2.05, 4.69) is 5.41 Å². The van der Waals surface area contributed by atoms with E-state index in [0.29, 0.717) is 6.61 Å². The minimum absolute atomic E-state index is 0.140. The van der Waals surface area contributed by atoms with Crippen molar-refractivity contribution in [2.75, 3.05) is 18.1 Å². The molecule has 4 heteroatoms. The maximum absolute atomic E-state index is 11.6. The van der Waals surface area contributed by atoms with Crippen LogP contribution in [0.3, 0.4) is 0 Å². The molecule has 2 aliphatic rings. The fraction of sp³-hybridized carbons (Fsp3) is 0.500. The second kappa shape index (κ2) is 4.45. The maximum Gasteiger partial charge on any atom is 0.335 e. The van der Waals surface area contributed by atoms with Gasteiger partial charge in [0.05, 0.1) is 12.2 Å². The Labute approximate surface area is 92.2 Å². The molecule has 0 fully saturated rings. The molecule has 2 nitrogen and oxygen atoms in total. The lowest BCUT2D eigenvalue weighted by atomic mass is 10.1. The number of carbonyl (C=O) groups excluding carboxylic acids is 1. The van der Waals surface area contributed by atoms with E-state index in [1.807, 2.05) is 6.92 Å². The lowest BCUT2D eigenvalue weighted by Crippen LogP contribution is -2.10. The average molecular weight is 227 g/mol. The summed E-state index contributed by atoms with van der Waals surface area (Å²) in [5.41, 5.74) is 2.03. The van der Waals surface area contributed by atoms with Gasteiger partial charge < -0.3 is 4.74 Å². The molecule has 0 saturated carbocycles. The van der Waals surface area contributed by atoms with E-state index < -0.39 is 0 Å². The molecule has 2 aliphatic heterocycles. The van der Waals surface area contributed by atoms with Gasteiger partial charge in [-0.05, 0) is 18.9 Å². The van der Waals surface area contributed by atoms with Crippen LogP contribution in [0, 0.1) is 5.41 Å². The number of esters is 1. The molecule has 0 aromatic heterocycles. The van der Waals surface area contributed by atoms with Crippen LogP contribution in [-0.4, -0.2) is 24.1 Å². The smallest absolute Gasteiger partial charge is 0.335 e. The molecule has 1 radical (unpaired) electrons. The highest BCUT2D eigenvalue weighted by Gasteiger charge is 2.27. The van der Waals surface area contributed by atoms with Crippen LogP contribution in [-0.2, 0) is 9.53 Å². The Bertz CT molecular complexity index is 318. The monoisotopic (exact) mass is 227 g/mol. The minimum atomic E-state index is -0.140. The minimum Gasteiger partial charge on any atom is -0.463 e. The molecule has 2 heterocycles. The Balaban J connectivity index is 2.22. The van der Waals surface area contributed by atoms with Gasteiger partial charge in [0.25, 0.3) is 0 Å². The first-order chi connectivity index (χ1) is 6.83. The van der Waals surface area contributed by atoms with Crippen molar-refractivity contribution in [2.45, 2.75) is 13.3 Å².